The zero-order valence-corrected chi connectivity index (χ0v) is 16.5. The summed E-state index contributed by atoms with van der Waals surface area (Å²) in [7, 11) is 1.55. The second-order valence-corrected chi connectivity index (χ2v) is 7.25. The van der Waals surface area contributed by atoms with Crippen molar-refractivity contribution in [3.05, 3.63) is 59.8 Å². The van der Waals surface area contributed by atoms with E-state index in [4.69, 9.17) is 4.74 Å². The molecule has 3 N–H and O–H groups in total. The summed E-state index contributed by atoms with van der Waals surface area (Å²) in [5.74, 6) is -0.583. The molecule has 0 saturated carbocycles. The minimum atomic E-state index is -1.04. The molecule has 154 valence electrons. The van der Waals surface area contributed by atoms with Crippen LogP contribution in [0.15, 0.2) is 42.6 Å². The van der Waals surface area contributed by atoms with Crippen LogP contribution in [0.1, 0.15) is 19.4 Å². The maximum atomic E-state index is 13.9. The van der Waals surface area contributed by atoms with Crippen LogP contribution in [0, 0.1) is 11.6 Å². The molecule has 0 aliphatic rings. The van der Waals surface area contributed by atoms with Crippen LogP contribution >= 0.6 is 0 Å². The van der Waals surface area contributed by atoms with E-state index in [2.05, 4.69) is 25.5 Å². The molecule has 0 spiro atoms. The Morgan fingerprint density at radius 1 is 1.13 bits per heavy atom. The largest absolute Gasteiger partial charge is 0.496 e. The van der Waals surface area contributed by atoms with Gasteiger partial charge in [0, 0.05) is 11.6 Å². The highest BCUT2D eigenvalue weighted by atomic mass is 19.1. The summed E-state index contributed by atoms with van der Waals surface area (Å²) in [5.41, 5.74) is 1.73. The summed E-state index contributed by atoms with van der Waals surface area (Å²) >= 11 is 0. The maximum absolute atomic E-state index is 13.9. The van der Waals surface area contributed by atoms with Gasteiger partial charge in [-0.05, 0) is 43.7 Å². The molecule has 7 nitrogen and oxygen atoms in total. The fraction of sp³-hybridized carbons (Fsp3) is 0.190. The summed E-state index contributed by atoms with van der Waals surface area (Å²) in [6, 6.07) is 8.55. The number of nitrogens with zero attached hydrogens (tertiary/aromatic N) is 3. The summed E-state index contributed by atoms with van der Waals surface area (Å²) in [4.78, 5) is 8.74. The number of anilines is 2. The van der Waals surface area contributed by atoms with Gasteiger partial charge in [0.05, 0.1) is 30.3 Å². The molecule has 4 aromatic rings. The molecular weight excluding hydrogens is 392 g/mol. The van der Waals surface area contributed by atoms with E-state index in [1.54, 1.807) is 39.2 Å². The van der Waals surface area contributed by atoms with Crippen LogP contribution in [0.3, 0.4) is 0 Å². The van der Waals surface area contributed by atoms with E-state index < -0.39 is 17.2 Å². The van der Waals surface area contributed by atoms with Gasteiger partial charge in [-0.2, -0.15) is 5.10 Å². The van der Waals surface area contributed by atoms with E-state index in [-0.39, 0.29) is 11.5 Å². The molecule has 9 heteroatoms. The Labute approximate surface area is 170 Å². The predicted molar refractivity (Wildman–Crippen MR) is 109 cm³/mol. The van der Waals surface area contributed by atoms with Gasteiger partial charge in [0.1, 0.15) is 22.9 Å². The molecule has 0 amide bonds. The van der Waals surface area contributed by atoms with Crippen LogP contribution in [0.4, 0.5) is 20.3 Å². The fourth-order valence-electron chi connectivity index (χ4n) is 3.06. The van der Waals surface area contributed by atoms with Crippen LogP contribution in [0.2, 0.25) is 0 Å². The minimum Gasteiger partial charge on any atom is -0.496 e. The number of hydrogen-bond donors (Lipinski definition) is 3. The van der Waals surface area contributed by atoms with Gasteiger partial charge in [-0.1, -0.05) is 6.07 Å². The molecule has 0 aliphatic carbocycles. The molecule has 0 atom stereocenters. The Morgan fingerprint density at radius 3 is 2.63 bits per heavy atom. The number of ether oxygens (including phenoxy) is 1. The number of aromatic nitrogens is 4. The highest BCUT2D eigenvalue weighted by Gasteiger charge is 2.21. The molecule has 4 rings (SSSR count). The Morgan fingerprint density at radius 2 is 1.93 bits per heavy atom. The zero-order chi connectivity index (χ0) is 21.5. The zero-order valence-electron chi connectivity index (χ0n) is 16.5. The first kappa shape index (κ1) is 19.7. The topological polar surface area (TPSA) is 96.0 Å². The van der Waals surface area contributed by atoms with Gasteiger partial charge in [0.15, 0.2) is 5.82 Å². The lowest BCUT2D eigenvalue weighted by molar-refractivity contribution is 0.0786. The van der Waals surface area contributed by atoms with Gasteiger partial charge in [0.25, 0.3) is 0 Å². The smallest absolute Gasteiger partial charge is 0.202 e. The number of methoxy groups -OCH3 is 1. The van der Waals surface area contributed by atoms with Crippen molar-refractivity contribution in [1.82, 2.24) is 20.2 Å². The van der Waals surface area contributed by atoms with E-state index in [0.29, 0.717) is 33.7 Å². The van der Waals surface area contributed by atoms with Crippen molar-refractivity contribution in [2.24, 2.45) is 0 Å². The first-order valence-electron chi connectivity index (χ1n) is 9.10. The normalized spacial score (nSPS) is 11.7. The lowest BCUT2D eigenvalue weighted by Gasteiger charge is -2.19. The van der Waals surface area contributed by atoms with Gasteiger partial charge >= 0.3 is 0 Å². The molecule has 0 aliphatic heterocycles. The Balaban J connectivity index is 1.74. The van der Waals surface area contributed by atoms with E-state index in [9.17, 15) is 13.9 Å². The Kier molecular flexibility index (Phi) is 4.83. The number of halogens is 2. The third-order valence-electron chi connectivity index (χ3n) is 4.63. The van der Waals surface area contributed by atoms with Crippen molar-refractivity contribution in [3.8, 4) is 17.0 Å². The first-order chi connectivity index (χ1) is 14.3. The summed E-state index contributed by atoms with van der Waals surface area (Å²) in [6.07, 6.45) is 1.43. The Hall–Kier alpha value is -3.59. The lowest BCUT2D eigenvalue weighted by atomic mass is 9.95. The average Bonchev–Trinajstić information content (AvgIpc) is 3.12. The van der Waals surface area contributed by atoms with Gasteiger partial charge < -0.3 is 15.2 Å². The number of H-pyrrole nitrogens is 1. The van der Waals surface area contributed by atoms with Crippen molar-refractivity contribution in [2.75, 3.05) is 12.4 Å². The second-order valence-electron chi connectivity index (χ2n) is 7.25. The maximum Gasteiger partial charge on any atom is 0.202 e. The minimum absolute atomic E-state index is 0.0698. The lowest BCUT2D eigenvalue weighted by Crippen LogP contribution is -2.15. The molecule has 30 heavy (non-hydrogen) atoms. The molecule has 0 radical (unpaired) electrons. The third-order valence-corrected chi connectivity index (χ3v) is 4.63. The monoisotopic (exact) mass is 411 g/mol. The van der Waals surface area contributed by atoms with Gasteiger partial charge in [-0.25, -0.2) is 18.7 Å². The number of rotatable bonds is 5. The number of hydrogen-bond acceptors (Lipinski definition) is 6. The standard InChI is InChI=1S/C21H19F2N5O2/c1-21(2,29)11-4-7-16(30-3)13(8-11)18-19-20(28-27-18)26-17(10-24-19)25-15-6-5-12(22)9-14(15)23/h4-10,29H,1-3H3,(H2,25,26,27,28). The molecule has 0 bridgehead atoms. The van der Waals surface area contributed by atoms with Crippen LogP contribution in [0.25, 0.3) is 22.4 Å². The third kappa shape index (κ3) is 3.67. The summed E-state index contributed by atoms with van der Waals surface area (Å²) < 4.78 is 32.4. The Bertz CT molecular complexity index is 1230. The predicted octanol–water partition coefficient (Wildman–Crippen LogP) is 4.28. The first-order valence-corrected chi connectivity index (χ1v) is 9.10. The molecule has 2 aromatic carbocycles. The molecule has 2 heterocycles. The number of benzene rings is 2. The van der Waals surface area contributed by atoms with Crippen LogP contribution in [-0.2, 0) is 5.60 Å². The highest BCUT2D eigenvalue weighted by molar-refractivity contribution is 5.90. The van der Waals surface area contributed by atoms with Gasteiger partial charge in [0.2, 0.25) is 5.65 Å². The SMILES string of the molecule is COc1ccc(C(C)(C)O)cc1-c1[nH]nc2nc(Nc3ccc(F)cc3F)cnc12. The van der Waals surface area contributed by atoms with Crippen molar-refractivity contribution in [2.45, 2.75) is 19.4 Å². The number of nitrogens with one attached hydrogen (secondary N) is 2. The number of fused-ring (bicyclic) bond motifs is 1. The van der Waals surface area contributed by atoms with Gasteiger partial charge in [-0.3, -0.25) is 5.10 Å². The second kappa shape index (κ2) is 7.34. The highest BCUT2D eigenvalue weighted by Crippen LogP contribution is 2.35. The van der Waals surface area contributed by atoms with Crippen molar-refractivity contribution in [1.29, 1.82) is 0 Å². The van der Waals surface area contributed by atoms with E-state index in [1.807, 2.05) is 0 Å². The quantitative estimate of drug-likeness (QED) is 0.454. The van der Waals surface area contributed by atoms with Crippen molar-refractivity contribution in [3.63, 3.8) is 0 Å². The molecule has 0 fully saturated rings. The van der Waals surface area contributed by atoms with Crippen LogP contribution in [-0.4, -0.2) is 32.4 Å². The molecule has 0 unspecified atom stereocenters. The molecule has 2 aromatic heterocycles. The number of aromatic amines is 1. The molecular formula is C21H19F2N5O2. The van der Waals surface area contributed by atoms with E-state index in [0.717, 1.165) is 12.1 Å². The van der Waals surface area contributed by atoms with E-state index >= 15 is 0 Å². The fourth-order valence-corrected chi connectivity index (χ4v) is 3.06. The van der Waals surface area contributed by atoms with Crippen LogP contribution in [0.5, 0.6) is 5.75 Å². The van der Waals surface area contributed by atoms with Crippen molar-refractivity contribution >= 4 is 22.7 Å². The van der Waals surface area contributed by atoms with Crippen LogP contribution < -0.4 is 10.1 Å². The van der Waals surface area contributed by atoms with Crippen molar-refractivity contribution < 1.29 is 18.6 Å². The van der Waals surface area contributed by atoms with E-state index in [1.165, 1.54) is 12.3 Å². The summed E-state index contributed by atoms with van der Waals surface area (Å²) in [5, 5.41) is 20.2. The average molecular weight is 411 g/mol. The molecule has 0 saturated heterocycles. The number of aliphatic hydroxyl groups is 1. The van der Waals surface area contributed by atoms with Gasteiger partial charge in [-0.15, -0.1) is 0 Å². The summed E-state index contributed by atoms with van der Waals surface area (Å²) in [6.45, 7) is 3.38.